The van der Waals surface area contributed by atoms with Gasteiger partial charge in [0.1, 0.15) is 0 Å². The Morgan fingerprint density at radius 2 is 0.382 bits per heavy atom. The second kappa shape index (κ2) is 17.9. The van der Waals surface area contributed by atoms with Gasteiger partial charge in [0.05, 0.1) is 22.1 Å². The van der Waals surface area contributed by atoms with E-state index in [4.69, 9.17) is 0 Å². The highest BCUT2D eigenvalue weighted by Crippen LogP contribution is 2.45. The summed E-state index contributed by atoms with van der Waals surface area (Å²) in [7, 11) is 0. The zero-order valence-corrected chi connectivity index (χ0v) is 41.6. The molecule has 0 saturated carbocycles. The monoisotopic (exact) mass is 964 g/mol. The predicted molar refractivity (Wildman–Crippen MR) is 323 cm³/mol. The molecule has 13 aromatic carbocycles. The van der Waals surface area contributed by atoms with Crippen molar-refractivity contribution in [2.75, 3.05) is 0 Å². The maximum absolute atomic E-state index is 2.40. The fraction of sp³-hybridized carbons (Fsp3) is 0. The lowest BCUT2D eigenvalue weighted by atomic mass is 9.85. The number of hydrogen-bond acceptors (Lipinski definition) is 0. The van der Waals surface area contributed by atoms with Crippen LogP contribution in [-0.2, 0) is 0 Å². The minimum atomic E-state index is 1.16. The summed E-state index contributed by atoms with van der Waals surface area (Å²) in [5, 5.41) is 9.94. The van der Waals surface area contributed by atoms with Crippen LogP contribution in [0.5, 0.6) is 0 Å². The zero-order chi connectivity index (χ0) is 50.1. The smallest absolute Gasteiger partial charge is 0.0541 e. The molecule has 0 aliphatic heterocycles. The first-order valence-electron chi connectivity index (χ1n) is 26.2. The van der Waals surface area contributed by atoms with Crippen LogP contribution in [0.1, 0.15) is 0 Å². The van der Waals surface area contributed by atoms with Crippen LogP contribution < -0.4 is 0 Å². The average Bonchev–Trinajstić information content (AvgIpc) is 4.04. The molecule has 2 heteroatoms. The second-order valence-electron chi connectivity index (χ2n) is 20.0. The molecule has 0 saturated heterocycles. The molecular weight excluding hydrogens is 917 g/mol. The van der Waals surface area contributed by atoms with Crippen LogP contribution in [0.25, 0.3) is 143 Å². The molecule has 2 heterocycles. The number of rotatable bonds is 8. The van der Waals surface area contributed by atoms with Crippen molar-refractivity contribution in [1.29, 1.82) is 0 Å². The van der Waals surface area contributed by atoms with Crippen molar-refractivity contribution in [3.05, 3.63) is 291 Å². The van der Waals surface area contributed by atoms with Crippen LogP contribution in [0, 0.1) is 0 Å². The SMILES string of the molecule is c1ccc(-c2ccc3c(c2)c2cc(-c4ccc(-c5c6ccccc6c(-c6ccc(-c7ccc8c(c7)c7cc(-c9ccccc9)ccc7n8-c7ccccc7)cc6)c6ccccc56)cc4)ccc2n3-c2ccccc2)cc1. The van der Waals surface area contributed by atoms with Crippen LogP contribution in [0.4, 0.5) is 0 Å². The van der Waals surface area contributed by atoms with E-state index in [-0.39, 0.29) is 0 Å². The summed E-state index contributed by atoms with van der Waals surface area (Å²) < 4.78 is 4.80. The molecule has 2 aromatic heterocycles. The van der Waals surface area contributed by atoms with E-state index in [1.807, 2.05) is 0 Å². The second-order valence-corrected chi connectivity index (χ2v) is 20.0. The van der Waals surface area contributed by atoms with Gasteiger partial charge in [0.25, 0.3) is 0 Å². The van der Waals surface area contributed by atoms with Crippen molar-refractivity contribution < 1.29 is 0 Å². The molecular formula is C74H48N2. The summed E-state index contributed by atoms with van der Waals surface area (Å²) in [6, 6.07) is 107. The molecule has 2 nitrogen and oxygen atoms in total. The third-order valence-electron chi connectivity index (χ3n) is 15.7. The van der Waals surface area contributed by atoms with Crippen molar-refractivity contribution in [2.45, 2.75) is 0 Å². The number of benzene rings is 13. The standard InChI is InChI=1S/C74H48N2/c1-5-17-49(18-6-1)55-37-41-69-65(45-55)67-47-57(39-43-71(67)75(69)59-21-9-3-10-22-59)51-29-33-53(34-30-51)73-61-25-13-15-27-63(61)74(64-28-16-14-26-62(64)73)54-35-31-52(32-36-54)58-40-44-72-68(48-58)66-46-56(50-19-7-2-8-20-50)38-42-70(66)76(72)60-23-11-4-12-24-60/h1-48H. The van der Waals surface area contributed by atoms with E-state index in [2.05, 4.69) is 300 Å². The van der Waals surface area contributed by atoms with Gasteiger partial charge in [0.15, 0.2) is 0 Å². The van der Waals surface area contributed by atoms with Crippen molar-refractivity contribution in [1.82, 2.24) is 9.13 Å². The first-order valence-corrected chi connectivity index (χ1v) is 26.2. The van der Waals surface area contributed by atoms with E-state index in [0.717, 1.165) is 11.4 Å². The van der Waals surface area contributed by atoms with Crippen molar-refractivity contribution in [2.24, 2.45) is 0 Å². The van der Waals surface area contributed by atoms with Gasteiger partial charge in [-0.05, 0) is 161 Å². The van der Waals surface area contributed by atoms with Gasteiger partial charge < -0.3 is 9.13 Å². The summed E-state index contributed by atoms with van der Waals surface area (Å²) in [4.78, 5) is 0. The van der Waals surface area contributed by atoms with Gasteiger partial charge in [-0.15, -0.1) is 0 Å². The fourth-order valence-corrected chi connectivity index (χ4v) is 12.1. The van der Waals surface area contributed by atoms with Crippen LogP contribution in [-0.4, -0.2) is 9.13 Å². The minimum Gasteiger partial charge on any atom is -0.309 e. The average molecular weight is 965 g/mol. The van der Waals surface area contributed by atoms with Crippen LogP contribution >= 0.6 is 0 Å². The molecule has 354 valence electrons. The maximum Gasteiger partial charge on any atom is 0.0541 e. The van der Waals surface area contributed by atoms with Crippen LogP contribution in [0.2, 0.25) is 0 Å². The van der Waals surface area contributed by atoms with Crippen LogP contribution in [0.3, 0.4) is 0 Å². The molecule has 0 spiro atoms. The van der Waals surface area contributed by atoms with E-state index >= 15 is 0 Å². The Labute approximate surface area is 441 Å². The molecule has 0 radical (unpaired) electrons. The Kier molecular flexibility index (Phi) is 10.2. The molecule has 15 aromatic rings. The first-order chi connectivity index (χ1) is 37.7. The number of fused-ring (bicyclic) bond motifs is 8. The normalized spacial score (nSPS) is 11.7. The Hall–Kier alpha value is -10.0. The molecule has 0 aliphatic rings. The van der Waals surface area contributed by atoms with Gasteiger partial charge in [0.2, 0.25) is 0 Å². The van der Waals surface area contributed by atoms with Gasteiger partial charge in [-0.1, -0.05) is 218 Å². The summed E-state index contributed by atoms with van der Waals surface area (Å²) in [6.45, 7) is 0. The molecule has 0 amide bonds. The van der Waals surface area contributed by atoms with E-state index in [0.29, 0.717) is 0 Å². The third-order valence-corrected chi connectivity index (χ3v) is 15.7. The molecule has 0 atom stereocenters. The Bertz CT molecular complexity index is 4320. The van der Waals surface area contributed by atoms with Crippen LogP contribution in [0.15, 0.2) is 291 Å². The lowest BCUT2D eigenvalue weighted by molar-refractivity contribution is 1.18. The fourth-order valence-electron chi connectivity index (χ4n) is 12.1. The van der Waals surface area contributed by atoms with E-state index < -0.39 is 0 Å². The largest absolute Gasteiger partial charge is 0.309 e. The Morgan fingerprint density at radius 1 is 0.158 bits per heavy atom. The highest BCUT2D eigenvalue weighted by atomic mass is 15.0. The van der Waals surface area contributed by atoms with E-state index in [1.165, 1.54) is 132 Å². The summed E-state index contributed by atoms with van der Waals surface area (Å²) in [6.07, 6.45) is 0. The van der Waals surface area contributed by atoms with E-state index in [1.54, 1.807) is 0 Å². The number of para-hydroxylation sites is 2. The molecule has 0 unspecified atom stereocenters. The number of hydrogen-bond donors (Lipinski definition) is 0. The summed E-state index contributed by atoms with van der Waals surface area (Å²) >= 11 is 0. The summed E-state index contributed by atoms with van der Waals surface area (Å²) in [5.74, 6) is 0. The van der Waals surface area contributed by atoms with Crippen molar-refractivity contribution >= 4 is 65.2 Å². The lowest BCUT2D eigenvalue weighted by Crippen LogP contribution is -1.93. The molecule has 0 bridgehead atoms. The Balaban J connectivity index is 0.808. The quantitative estimate of drug-likeness (QED) is 0.134. The third kappa shape index (κ3) is 7.18. The zero-order valence-electron chi connectivity index (χ0n) is 41.6. The first kappa shape index (κ1) is 43.6. The maximum atomic E-state index is 2.40. The number of nitrogens with zero attached hydrogens (tertiary/aromatic N) is 2. The molecule has 15 rings (SSSR count). The van der Waals surface area contributed by atoms with Gasteiger partial charge in [0, 0.05) is 32.9 Å². The number of aromatic nitrogens is 2. The predicted octanol–water partition coefficient (Wildman–Crippen LogP) is 20.2. The minimum absolute atomic E-state index is 1.16. The van der Waals surface area contributed by atoms with Crippen molar-refractivity contribution in [3.8, 4) is 78.1 Å². The van der Waals surface area contributed by atoms with Gasteiger partial charge in [-0.2, -0.15) is 0 Å². The van der Waals surface area contributed by atoms with Gasteiger partial charge in [-0.3, -0.25) is 0 Å². The molecule has 0 aliphatic carbocycles. The van der Waals surface area contributed by atoms with Gasteiger partial charge >= 0.3 is 0 Å². The molecule has 76 heavy (non-hydrogen) atoms. The highest BCUT2D eigenvalue weighted by molar-refractivity contribution is 6.22. The highest BCUT2D eigenvalue weighted by Gasteiger charge is 2.20. The van der Waals surface area contributed by atoms with Crippen molar-refractivity contribution in [3.63, 3.8) is 0 Å². The Morgan fingerprint density at radius 3 is 0.671 bits per heavy atom. The molecule has 0 N–H and O–H groups in total. The topological polar surface area (TPSA) is 9.86 Å². The van der Waals surface area contributed by atoms with E-state index in [9.17, 15) is 0 Å². The summed E-state index contributed by atoms with van der Waals surface area (Å²) in [5.41, 5.74) is 21.7. The van der Waals surface area contributed by atoms with Gasteiger partial charge in [-0.25, -0.2) is 0 Å². The molecule has 0 fully saturated rings. The lowest BCUT2D eigenvalue weighted by Gasteiger charge is -2.18.